The van der Waals surface area contributed by atoms with Gasteiger partial charge in [-0.3, -0.25) is 4.79 Å². The third-order valence-electron chi connectivity index (χ3n) is 5.11. The van der Waals surface area contributed by atoms with Gasteiger partial charge in [-0.15, -0.1) is 0 Å². The van der Waals surface area contributed by atoms with Crippen LogP contribution in [0.15, 0.2) is 24.3 Å². The van der Waals surface area contributed by atoms with Crippen LogP contribution in [0.4, 0.5) is 0 Å². The molecule has 1 atom stereocenters. The van der Waals surface area contributed by atoms with Crippen molar-refractivity contribution >= 4 is 5.91 Å². The van der Waals surface area contributed by atoms with Crippen LogP contribution in [0.5, 0.6) is 0 Å². The molecule has 3 rings (SSSR count). The van der Waals surface area contributed by atoms with E-state index in [0.29, 0.717) is 0 Å². The Bertz CT molecular complexity index is 545. The summed E-state index contributed by atoms with van der Waals surface area (Å²) in [7, 11) is 2.11. The van der Waals surface area contributed by atoms with Gasteiger partial charge in [-0.25, -0.2) is 0 Å². The van der Waals surface area contributed by atoms with Crippen molar-refractivity contribution in [1.82, 2.24) is 9.80 Å². The summed E-state index contributed by atoms with van der Waals surface area (Å²) < 4.78 is 0. The maximum Gasteiger partial charge on any atom is 0.225 e. The highest BCUT2D eigenvalue weighted by Gasteiger charge is 2.41. The molecule has 120 valence electrons. The molecule has 1 unspecified atom stereocenters. The summed E-state index contributed by atoms with van der Waals surface area (Å²) in [4.78, 5) is 17.0. The number of likely N-dealkylation sites (N-methyl/N-ethyl adjacent to an activating group) is 1. The van der Waals surface area contributed by atoms with Crippen molar-refractivity contribution < 1.29 is 4.79 Å². The predicted octanol–water partition coefficient (Wildman–Crippen LogP) is 1.59. The van der Waals surface area contributed by atoms with Gasteiger partial charge < -0.3 is 15.5 Å². The van der Waals surface area contributed by atoms with E-state index in [0.717, 1.165) is 45.4 Å². The van der Waals surface area contributed by atoms with Gasteiger partial charge in [0.15, 0.2) is 0 Å². The minimum absolute atomic E-state index is 0.0203. The zero-order valence-electron chi connectivity index (χ0n) is 13.7. The Hall–Kier alpha value is -1.39. The van der Waals surface area contributed by atoms with Crippen molar-refractivity contribution in [3.05, 3.63) is 35.4 Å². The number of nitrogens with zero attached hydrogens (tertiary/aromatic N) is 2. The van der Waals surface area contributed by atoms with Gasteiger partial charge in [-0.05, 0) is 37.4 Å². The summed E-state index contributed by atoms with van der Waals surface area (Å²) in [5.41, 5.74) is 8.74. The fourth-order valence-electron chi connectivity index (χ4n) is 3.34. The van der Waals surface area contributed by atoms with Crippen molar-refractivity contribution in [3.8, 4) is 0 Å². The molecule has 1 saturated heterocycles. The normalized spacial score (nSPS) is 22.4. The Morgan fingerprint density at radius 3 is 2.50 bits per heavy atom. The number of amides is 1. The highest BCUT2D eigenvalue weighted by molar-refractivity contribution is 5.79. The van der Waals surface area contributed by atoms with E-state index < -0.39 is 0 Å². The second kappa shape index (κ2) is 6.01. The van der Waals surface area contributed by atoms with Crippen LogP contribution in [0.1, 0.15) is 30.9 Å². The van der Waals surface area contributed by atoms with Crippen molar-refractivity contribution in [2.45, 2.75) is 31.7 Å². The number of piperazine rings is 1. The zero-order valence-corrected chi connectivity index (χ0v) is 13.7. The summed E-state index contributed by atoms with van der Waals surface area (Å²) >= 11 is 0. The predicted molar refractivity (Wildman–Crippen MR) is 88.5 cm³/mol. The highest BCUT2D eigenvalue weighted by atomic mass is 16.2. The average molecular weight is 301 g/mol. The van der Waals surface area contributed by atoms with Gasteiger partial charge in [0.25, 0.3) is 0 Å². The maximum atomic E-state index is 12.7. The molecule has 1 amide bonds. The SMILES string of the molecule is CC(Cc1ccccc1C1(N)CC1)C(=O)N1CCN(C)CC1. The van der Waals surface area contributed by atoms with Gasteiger partial charge in [0.1, 0.15) is 0 Å². The number of carbonyl (C=O) groups is 1. The molecule has 4 nitrogen and oxygen atoms in total. The first kappa shape index (κ1) is 15.5. The molecule has 4 heteroatoms. The molecule has 0 radical (unpaired) electrons. The van der Waals surface area contributed by atoms with Crippen LogP contribution >= 0.6 is 0 Å². The molecule has 0 aromatic heterocycles. The third kappa shape index (κ3) is 3.18. The van der Waals surface area contributed by atoms with E-state index in [1.54, 1.807) is 0 Å². The van der Waals surface area contributed by atoms with Crippen LogP contribution in [-0.2, 0) is 16.8 Å². The maximum absolute atomic E-state index is 12.7. The Morgan fingerprint density at radius 2 is 1.86 bits per heavy atom. The largest absolute Gasteiger partial charge is 0.340 e. The number of hydrogen-bond donors (Lipinski definition) is 1. The average Bonchev–Trinajstić information content (AvgIpc) is 3.26. The number of hydrogen-bond acceptors (Lipinski definition) is 3. The lowest BCUT2D eigenvalue weighted by atomic mass is 9.91. The summed E-state index contributed by atoms with van der Waals surface area (Å²) in [6.45, 7) is 5.69. The van der Waals surface area contributed by atoms with Gasteiger partial charge in [0.2, 0.25) is 5.91 Å². The summed E-state index contributed by atoms with van der Waals surface area (Å²) in [6.07, 6.45) is 2.91. The van der Waals surface area contributed by atoms with E-state index in [-0.39, 0.29) is 17.4 Å². The number of carbonyl (C=O) groups excluding carboxylic acids is 1. The first-order valence-corrected chi connectivity index (χ1v) is 8.34. The van der Waals surface area contributed by atoms with Gasteiger partial charge in [-0.2, -0.15) is 0 Å². The molecule has 1 saturated carbocycles. The lowest BCUT2D eigenvalue weighted by Crippen LogP contribution is -2.49. The molecule has 2 aliphatic rings. The molecule has 1 heterocycles. The second-order valence-electron chi connectivity index (χ2n) is 7.05. The van der Waals surface area contributed by atoms with Crippen LogP contribution < -0.4 is 5.73 Å². The molecule has 0 spiro atoms. The van der Waals surface area contributed by atoms with Crippen molar-refractivity contribution in [1.29, 1.82) is 0 Å². The molecule has 0 bridgehead atoms. The lowest BCUT2D eigenvalue weighted by molar-refractivity contribution is -0.136. The Balaban J connectivity index is 1.67. The van der Waals surface area contributed by atoms with Crippen molar-refractivity contribution in [2.24, 2.45) is 11.7 Å². The molecule has 1 aliphatic carbocycles. The molecule has 1 aliphatic heterocycles. The third-order valence-corrected chi connectivity index (χ3v) is 5.11. The first-order valence-electron chi connectivity index (χ1n) is 8.34. The minimum atomic E-state index is -0.132. The first-order chi connectivity index (χ1) is 10.5. The van der Waals surface area contributed by atoms with Crippen molar-refractivity contribution in [3.63, 3.8) is 0 Å². The van der Waals surface area contributed by atoms with E-state index in [1.807, 2.05) is 11.8 Å². The summed E-state index contributed by atoms with van der Waals surface area (Å²) in [6, 6.07) is 8.38. The molecule has 22 heavy (non-hydrogen) atoms. The molecular weight excluding hydrogens is 274 g/mol. The topological polar surface area (TPSA) is 49.6 Å². The smallest absolute Gasteiger partial charge is 0.225 e. The van der Waals surface area contributed by atoms with Gasteiger partial charge in [-0.1, -0.05) is 31.2 Å². The molecule has 1 aromatic rings. The van der Waals surface area contributed by atoms with Gasteiger partial charge in [0.05, 0.1) is 0 Å². The van der Waals surface area contributed by atoms with E-state index in [9.17, 15) is 4.79 Å². The van der Waals surface area contributed by atoms with E-state index in [4.69, 9.17) is 5.73 Å². The van der Waals surface area contributed by atoms with Crippen LogP contribution in [0.2, 0.25) is 0 Å². The van der Waals surface area contributed by atoms with Crippen LogP contribution in [-0.4, -0.2) is 48.9 Å². The van der Waals surface area contributed by atoms with Crippen molar-refractivity contribution in [2.75, 3.05) is 33.2 Å². The Kier molecular flexibility index (Phi) is 4.24. The standard InChI is InChI=1S/C18H27N3O/c1-14(17(22)21-11-9-20(2)10-12-21)13-15-5-3-4-6-16(15)18(19)7-8-18/h3-6,14H,7-13,19H2,1-2H3. The van der Waals surface area contributed by atoms with E-state index in [2.05, 4.69) is 36.2 Å². The number of rotatable bonds is 4. The zero-order chi connectivity index (χ0) is 15.7. The Morgan fingerprint density at radius 1 is 1.23 bits per heavy atom. The quantitative estimate of drug-likeness (QED) is 0.919. The molecule has 2 N–H and O–H groups in total. The monoisotopic (exact) mass is 301 g/mol. The second-order valence-corrected chi connectivity index (χ2v) is 7.05. The molecule has 1 aromatic carbocycles. The van der Waals surface area contributed by atoms with Gasteiger partial charge in [0, 0.05) is 37.6 Å². The fraction of sp³-hybridized carbons (Fsp3) is 0.611. The van der Waals surface area contributed by atoms with Crippen LogP contribution in [0.25, 0.3) is 0 Å². The number of nitrogens with two attached hydrogens (primary N) is 1. The van der Waals surface area contributed by atoms with Crippen LogP contribution in [0.3, 0.4) is 0 Å². The summed E-state index contributed by atoms with van der Waals surface area (Å²) in [5.74, 6) is 0.302. The molecule has 2 fully saturated rings. The highest BCUT2D eigenvalue weighted by Crippen LogP contribution is 2.44. The van der Waals surface area contributed by atoms with E-state index in [1.165, 1.54) is 11.1 Å². The lowest BCUT2D eigenvalue weighted by Gasteiger charge is -2.34. The van der Waals surface area contributed by atoms with E-state index >= 15 is 0 Å². The minimum Gasteiger partial charge on any atom is -0.340 e. The summed E-state index contributed by atoms with van der Waals surface area (Å²) in [5, 5.41) is 0. The van der Waals surface area contributed by atoms with Crippen LogP contribution in [0, 0.1) is 5.92 Å². The van der Waals surface area contributed by atoms with Gasteiger partial charge >= 0.3 is 0 Å². The Labute approximate surface area is 133 Å². The fourth-order valence-corrected chi connectivity index (χ4v) is 3.34. The molecular formula is C18H27N3O. The number of benzene rings is 1.